The van der Waals surface area contributed by atoms with Crippen LogP contribution >= 0.6 is 11.8 Å². The molecular formula is C28H35N3O5S. The van der Waals surface area contributed by atoms with Gasteiger partial charge in [0.05, 0.1) is 26.9 Å². The van der Waals surface area contributed by atoms with Crippen molar-refractivity contribution in [3.63, 3.8) is 0 Å². The molecule has 3 heterocycles. The maximum Gasteiger partial charge on any atom is 0.256 e. The Labute approximate surface area is 223 Å². The fourth-order valence-electron chi connectivity index (χ4n) is 5.30. The fourth-order valence-corrected chi connectivity index (χ4v) is 5.84. The van der Waals surface area contributed by atoms with Gasteiger partial charge >= 0.3 is 0 Å². The number of carbonyl (C=O) groups excluding carboxylic acids is 2. The summed E-state index contributed by atoms with van der Waals surface area (Å²) in [5.41, 5.74) is 2.12. The van der Waals surface area contributed by atoms with Crippen LogP contribution in [0.25, 0.3) is 6.08 Å². The zero-order chi connectivity index (χ0) is 26.6. The molecule has 37 heavy (non-hydrogen) atoms. The highest BCUT2D eigenvalue weighted by atomic mass is 32.2. The van der Waals surface area contributed by atoms with Gasteiger partial charge in [0.1, 0.15) is 10.8 Å². The van der Waals surface area contributed by atoms with Crippen LogP contribution in [-0.2, 0) is 4.79 Å². The third-order valence-corrected chi connectivity index (χ3v) is 8.19. The minimum Gasteiger partial charge on any atom is -0.496 e. The SMILES string of the molecule is COc1cc(OC)c(OC)cc1C=C(C)C(=O)N1CCC2(CCN(C(=O)c3cccnc3SC)CC2)C1. The molecule has 1 spiro atoms. The van der Waals surface area contributed by atoms with E-state index in [-0.39, 0.29) is 17.2 Å². The quantitative estimate of drug-likeness (QED) is 0.392. The van der Waals surface area contributed by atoms with Crippen LogP contribution < -0.4 is 14.2 Å². The first-order chi connectivity index (χ1) is 17.8. The minimum atomic E-state index is 0.0205. The Hall–Kier alpha value is -3.20. The van der Waals surface area contributed by atoms with Crippen LogP contribution in [0.4, 0.5) is 0 Å². The third-order valence-electron chi connectivity index (χ3n) is 7.48. The number of methoxy groups -OCH3 is 3. The summed E-state index contributed by atoms with van der Waals surface area (Å²) in [7, 11) is 4.75. The fraction of sp³-hybridized carbons (Fsp3) is 0.464. The molecule has 198 valence electrons. The lowest BCUT2D eigenvalue weighted by Gasteiger charge is -2.39. The molecule has 0 aliphatic carbocycles. The third kappa shape index (κ3) is 5.56. The second-order valence-electron chi connectivity index (χ2n) is 9.61. The number of hydrogen-bond acceptors (Lipinski definition) is 7. The van der Waals surface area contributed by atoms with Gasteiger partial charge in [-0.1, -0.05) is 0 Å². The van der Waals surface area contributed by atoms with Gasteiger partial charge in [-0.15, -0.1) is 11.8 Å². The highest BCUT2D eigenvalue weighted by Crippen LogP contribution is 2.41. The molecule has 2 saturated heterocycles. The Kier molecular flexibility index (Phi) is 8.32. The average molecular weight is 526 g/mol. The van der Waals surface area contributed by atoms with Gasteiger partial charge in [0.2, 0.25) is 5.91 Å². The van der Waals surface area contributed by atoms with E-state index in [0.717, 1.165) is 36.4 Å². The number of thioether (sulfide) groups is 1. The summed E-state index contributed by atoms with van der Waals surface area (Å²) in [6, 6.07) is 7.24. The van der Waals surface area contributed by atoms with E-state index < -0.39 is 0 Å². The predicted octanol–water partition coefficient (Wildman–Crippen LogP) is 4.39. The second kappa shape index (κ2) is 11.5. The first-order valence-electron chi connectivity index (χ1n) is 12.4. The predicted molar refractivity (Wildman–Crippen MR) is 145 cm³/mol. The van der Waals surface area contributed by atoms with E-state index in [4.69, 9.17) is 14.2 Å². The van der Waals surface area contributed by atoms with Gasteiger partial charge in [0, 0.05) is 49.6 Å². The van der Waals surface area contributed by atoms with Crippen molar-refractivity contribution >= 4 is 29.7 Å². The number of rotatable bonds is 7. The number of hydrogen-bond donors (Lipinski definition) is 0. The van der Waals surface area contributed by atoms with Crippen molar-refractivity contribution in [3.05, 3.63) is 47.2 Å². The first kappa shape index (κ1) is 26.9. The molecule has 0 bridgehead atoms. The van der Waals surface area contributed by atoms with Crippen LogP contribution in [0.2, 0.25) is 0 Å². The molecule has 2 aliphatic rings. The van der Waals surface area contributed by atoms with Crippen LogP contribution in [0.15, 0.2) is 41.1 Å². The largest absolute Gasteiger partial charge is 0.496 e. The van der Waals surface area contributed by atoms with E-state index >= 15 is 0 Å². The summed E-state index contributed by atoms with van der Waals surface area (Å²) in [4.78, 5) is 34.7. The Balaban J connectivity index is 1.42. The van der Waals surface area contributed by atoms with Crippen LogP contribution in [0, 0.1) is 5.41 Å². The molecule has 2 aliphatic heterocycles. The lowest BCUT2D eigenvalue weighted by atomic mass is 9.77. The highest BCUT2D eigenvalue weighted by molar-refractivity contribution is 7.98. The molecule has 0 radical (unpaired) electrons. The van der Waals surface area contributed by atoms with Gasteiger partial charge in [-0.25, -0.2) is 4.98 Å². The Bertz CT molecular complexity index is 1190. The summed E-state index contributed by atoms with van der Waals surface area (Å²) in [5.74, 6) is 1.82. The summed E-state index contributed by atoms with van der Waals surface area (Å²) < 4.78 is 16.3. The summed E-state index contributed by atoms with van der Waals surface area (Å²) in [5, 5.41) is 0.763. The number of likely N-dealkylation sites (tertiary alicyclic amines) is 2. The number of benzene rings is 1. The number of aromatic nitrogens is 1. The number of nitrogens with zero attached hydrogens (tertiary/aromatic N) is 3. The number of pyridine rings is 1. The number of amides is 2. The van der Waals surface area contributed by atoms with Crippen molar-refractivity contribution in [1.82, 2.24) is 14.8 Å². The molecule has 2 aromatic rings. The van der Waals surface area contributed by atoms with E-state index in [2.05, 4.69) is 4.98 Å². The molecule has 9 heteroatoms. The normalized spacial score (nSPS) is 17.2. The molecular weight excluding hydrogens is 490 g/mol. The van der Waals surface area contributed by atoms with E-state index in [1.54, 1.807) is 33.6 Å². The number of ether oxygens (including phenoxy) is 3. The molecule has 0 N–H and O–H groups in total. The van der Waals surface area contributed by atoms with Crippen molar-refractivity contribution in [2.75, 3.05) is 53.8 Å². The smallest absolute Gasteiger partial charge is 0.256 e. The molecule has 2 fully saturated rings. The Morgan fingerprint density at radius 1 is 0.973 bits per heavy atom. The molecule has 4 rings (SSSR count). The van der Waals surface area contributed by atoms with Crippen molar-refractivity contribution in [3.8, 4) is 17.2 Å². The van der Waals surface area contributed by atoms with Crippen LogP contribution in [-0.4, -0.2) is 80.4 Å². The monoisotopic (exact) mass is 525 g/mol. The molecule has 0 saturated carbocycles. The molecule has 1 aromatic carbocycles. The van der Waals surface area contributed by atoms with Crippen molar-refractivity contribution in [1.29, 1.82) is 0 Å². The topological polar surface area (TPSA) is 81.2 Å². The lowest BCUT2D eigenvalue weighted by Crippen LogP contribution is -2.44. The number of piperidine rings is 1. The zero-order valence-corrected chi connectivity index (χ0v) is 23.0. The van der Waals surface area contributed by atoms with E-state index in [9.17, 15) is 9.59 Å². The van der Waals surface area contributed by atoms with Gasteiger partial charge in [-0.3, -0.25) is 9.59 Å². The van der Waals surface area contributed by atoms with Crippen LogP contribution in [0.3, 0.4) is 0 Å². The lowest BCUT2D eigenvalue weighted by molar-refractivity contribution is -0.126. The second-order valence-corrected chi connectivity index (χ2v) is 10.4. The summed E-state index contributed by atoms with van der Waals surface area (Å²) in [6.07, 6.45) is 8.23. The Morgan fingerprint density at radius 2 is 1.59 bits per heavy atom. The van der Waals surface area contributed by atoms with Crippen molar-refractivity contribution in [2.45, 2.75) is 31.2 Å². The standard InChI is InChI=1S/C28H35N3O5S/c1-19(15-20-16-23(35-3)24(36-4)17-22(20)34-2)26(32)31-14-10-28(18-31)8-12-30(13-9-28)27(33)21-7-6-11-29-25(21)37-5/h6-7,11,15-17H,8-10,12-14,18H2,1-5H3. The van der Waals surface area contributed by atoms with Gasteiger partial charge < -0.3 is 24.0 Å². The summed E-state index contributed by atoms with van der Waals surface area (Å²) in [6.45, 7) is 4.66. The maximum absolute atomic E-state index is 13.4. The molecule has 1 aromatic heterocycles. The molecule has 2 amide bonds. The molecule has 8 nitrogen and oxygen atoms in total. The highest BCUT2D eigenvalue weighted by Gasteiger charge is 2.43. The van der Waals surface area contributed by atoms with Gasteiger partial charge in [-0.2, -0.15) is 0 Å². The summed E-state index contributed by atoms with van der Waals surface area (Å²) >= 11 is 1.49. The maximum atomic E-state index is 13.4. The van der Waals surface area contributed by atoms with Gasteiger partial charge in [0.25, 0.3) is 5.91 Å². The van der Waals surface area contributed by atoms with Crippen molar-refractivity contribution in [2.24, 2.45) is 5.41 Å². The molecule has 0 atom stereocenters. The van der Waals surface area contributed by atoms with Gasteiger partial charge in [-0.05, 0) is 62.1 Å². The van der Waals surface area contributed by atoms with Gasteiger partial charge in [0.15, 0.2) is 11.5 Å². The van der Waals surface area contributed by atoms with E-state index in [1.165, 1.54) is 11.8 Å². The first-order valence-corrected chi connectivity index (χ1v) is 13.6. The van der Waals surface area contributed by atoms with E-state index in [1.807, 2.05) is 47.3 Å². The number of carbonyl (C=O) groups is 2. The zero-order valence-electron chi connectivity index (χ0n) is 22.2. The Morgan fingerprint density at radius 3 is 2.22 bits per heavy atom. The molecule has 0 unspecified atom stereocenters. The van der Waals surface area contributed by atoms with Crippen LogP contribution in [0.1, 0.15) is 42.1 Å². The van der Waals surface area contributed by atoms with Crippen LogP contribution in [0.5, 0.6) is 17.2 Å². The minimum absolute atomic E-state index is 0.0205. The average Bonchev–Trinajstić information content (AvgIpc) is 3.35. The van der Waals surface area contributed by atoms with E-state index in [0.29, 0.717) is 48.0 Å². The van der Waals surface area contributed by atoms with Crippen molar-refractivity contribution < 1.29 is 23.8 Å².